The van der Waals surface area contributed by atoms with Gasteiger partial charge in [0.1, 0.15) is 11.6 Å². The number of hydrogen-bond acceptors (Lipinski definition) is 2. The largest absolute Gasteiger partial charge is 0.358 e. The number of H-pyrrole nitrogens is 1. The van der Waals surface area contributed by atoms with Crippen LogP contribution >= 0.6 is 11.3 Å². The molecule has 1 N–H and O–H groups in total. The lowest BCUT2D eigenvalue weighted by molar-refractivity contribution is 0.0740. The highest BCUT2D eigenvalue weighted by atomic mass is 32.1. The van der Waals surface area contributed by atoms with Crippen molar-refractivity contribution >= 4 is 38.2 Å². The number of carbonyl (C=O) groups excluding carboxylic acids is 1. The van der Waals surface area contributed by atoms with Gasteiger partial charge < -0.3 is 9.88 Å². The second-order valence-corrected chi connectivity index (χ2v) is 7.59. The molecular formula is C20H14F2N2OS. The number of benzene rings is 2. The minimum absolute atomic E-state index is 0.109. The Morgan fingerprint density at radius 2 is 2.00 bits per heavy atom. The smallest absolute Gasteiger partial charge is 0.264 e. The molecule has 0 aliphatic carbocycles. The topological polar surface area (TPSA) is 36.1 Å². The first-order valence-electron chi connectivity index (χ1n) is 8.36. The van der Waals surface area contributed by atoms with Crippen LogP contribution in [0.25, 0.3) is 21.0 Å². The van der Waals surface area contributed by atoms with Gasteiger partial charge in [0.25, 0.3) is 5.91 Å². The third-order valence-electron chi connectivity index (χ3n) is 4.94. The first kappa shape index (κ1) is 15.5. The van der Waals surface area contributed by atoms with E-state index in [1.54, 1.807) is 23.1 Å². The van der Waals surface area contributed by atoms with Crippen molar-refractivity contribution in [3.8, 4) is 0 Å². The predicted octanol–water partition coefficient (Wildman–Crippen LogP) is 4.86. The quantitative estimate of drug-likeness (QED) is 0.512. The van der Waals surface area contributed by atoms with E-state index in [2.05, 4.69) is 4.98 Å². The number of aromatic amines is 1. The highest BCUT2D eigenvalue weighted by Gasteiger charge is 2.26. The van der Waals surface area contributed by atoms with E-state index >= 15 is 0 Å². The Labute approximate surface area is 151 Å². The minimum Gasteiger partial charge on any atom is -0.358 e. The van der Waals surface area contributed by atoms with Gasteiger partial charge in [0.2, 0.25) is 0 Å². The molecule has 2 aromatic carbocycles. The fourth-order valence-electron chi connectivity index (χ4n) is 3.65. The summed E-state index contributed by atoms with van der Waals surface area (Å²) in [5, 5.41) is 1.30. The molecule has 5 rings (SSSR count). The Morgan fingerprint density at radius 3 is 2.85 bits per heavy atom. The lowest BCUT2D eigenvalue weighted by Gasteiger charge is -2.26. The van der Waals surface area contributed by atoms with Crippen LogP contribution in [0.3, 0.4) is 0 Å². The molecule has 3 heterocycles. The molecule has 6 heteroatoms. The van der Waals surface area contributed by atoms with E-state index in [1.165, 1.54) is 29.5 Å². The number of thiophene rings is 1. The van der Waals surface area contributed by atoms with Crippen LogP contribution in [0.1, 0.15) is 20.9 Å². The Hall–Kier alpha value is -2.73. The SMILES string of the molecule is O=C(c1cc2c(F)cccc2s1)N1CCc2[nH]c3ccc(F)cc3c2C1. The van der Waals surface area contributed by atoms with Crippen molar-refractivity contribution in [1.29, 1.82) is 0 Å². The van der Waals surface area contributed by atoms with E-state index in [9.17, 15) is 13.6 Å². The van der Waals surface area contributed by atoms with Crippen molar-refractivity contribution in [1.82, 2.24) is 9.88 Å². The summed E-state index contributed by atoms with van der Waals surface area (Å²) in [5.74, 6) is -0.712. The van der Waals surface area contributed by atoms with Crippen LogP contribution in [0, 0.1) is 11.6 Å². The summed E-state index contributed by atoms with van der Waals surface area (Å²) in [4.78, 5) is 18.5. The van der Waals surface area contributed by atoms with Gasteiger partial charge in [-0.05, 0) is 36.4 Å². The molecule has 0 bridgehead atoms. The number of nitrogens with zero attached hydrogens (tertiary/aromatic N) is 1. The summed E-state index contributed by atoms with van der Waals surface area (Å²) in [6.45, 7) is 1.01. The van der Waals surface area contributed by atoms with Crippen LogP contribution in [0.15, 0.2) is 42.5 Å². The van der Waals surface area contributed by atoms with Gasteiger partial charge in [-0.1, -0.05) is 6.07 Å². The third kappa shape index (κ3) is 2.33. The average Bonchev–Trinajstić information content (AvgIpc) is 3.23. The zero-order chi connectivity index (χ0) is 17.8. The van der Waals surface area contributed by atoms with E-state index in [4.69, 9.17) is 0 Å². The van der Waals surface area contributed by atoms with E-state index in [0.29, 0.717) is 29.8 Å². The summed E-state index contributed by atoms with van der Waals surface area (Å²) in [6.07, 6.45) is 0.691. The van der Waals surface area contributed by atoms with Crippen LogP contribution in [-0.2, 0) is 13.0 Å². The first-order valence-corrected chi connectivity index (χ1v) is 9.18. The third-order valence-corrected chi connectivity index (χ3v) is 6.03. The highest BCUT2D eigenvalue weighted by Crippen LogP contribution is 2.32. The maximum atomic E-state index is 13.9. The van der Waals surface area contributed by atoms with Gasteiger partial charge in [0.05, 0.1) is 4.88 Å². The first-order chi connectivity index (χ1) is 12.6. The van der Waals surface area contributed by atoms with Crippen LogP contribution in [0.2, 0.25) is 0 Å². The number of nitrogens with one attached hydrogen (secondary N) is 1. The molecule has 0 spiro atoms. The van der Waals surface area contributed by atoms with Gasteiger partial charge in [-0.25, -0.2) is 8.78 Å². The van der Waals surface area contributed by atoms with Crippen molar-refractivity contribution in [3.05, 3.63) is 70.2 Å². The van der Waals surface area contributed by atoms with Crippen molar-refractivity contribution in [3.63, 3.8) is 0 Å². The molecule has 0 saturated heterocycles. The van der Waals surface area contributed by atoms with Crippen LogP contribution in [-0.4, -0.2) is 22.3 Å². The highest BCUT2D eigenvalue weighted by molar-refractivity contribution is 7.20. The Balaban J connectivity index is 1.51. The fourth-order valence-corrected chi connectivity index (χ4v) is 4.69. The molecule has 130 valence electrons. The van der Waals surface area contributed by atoms with Crippen molar-refractivity contribution in [2.24, 2.45) is 0 Å². The molecule has 26 heavy (non-hydrogen) atoms. The minimum atomic E-state index is -0.314. The molecule has 1 aliphatic heterocycles. The number of halogens is 2. The summed E-state index contributed by atoms with van der Waals surface area (Å²) < 4.78 is 28.3. The molecule has 2 aromatic heterocycles. The molecule has 0 fully saturated rings. The number of fused-ring (bicyclic) bond motifs is 4. The van der Waals surface area contributed by atoms with Gasteiger partial charge in [-0.15, -0.1) is 11.3 Å². The number of rotatable bonds is 1. The van der Waals surface area contributed by atoms with Gasteiger partial charge in [-0.3, -0.25) is 4.79 Å². The van der Waals surface area contributed by atoms with Gasteiger partial charge in [0, 0.05) is 51.8 Å². The molecule has 1 aliphatic rings. The maximum absolute atomic E-state index is 13.9. The van der Waals surface area contributed by atoms with Crippen LogP contribution < -0.4 is 0 Å². The Morgan fingerprint density at radius 1 is 1.12 bits per heavy atom. The van der Waals surface area contributed by atoms with Crippen molar-refractivity contribution < 1.29 is 13.6 Å². The maximum Gasteiger partial charge on any atom is 0.264 e. The number of carbonyl (C=O) groups is 1. The molecule has 3 nitrogen and oxygen atoms in total. The summed E-state index contributed by atoms with van der Waals surface area (Å²) in [7, 11) is 0. The fraction of sp³-hybridized carbons (Fsp3) is 0.150. The second kappa shape index (κ2) is 5.64. The Kier molecular flexibility index (Phi) is 3.37. The average molecular weight is 368 g/mol. The van der Waals surface area contributed by atoms with Crippen LogP contribution in [0.4, 0.5) is 8.78 Å². The molecule has 0 unspecified atom stereocenters. The molecule has 1 amide bonds. The molecule has 0 saturated carbocycles. The second-order valence-electron chi connectivity index (χ2n) is 6.51. The predicted molar refractivity (Wildman–Crippen MR) is 98.5 cm³/mol. The van der Waals surface area contributed by atoms with E-state index in [-0.39, 0.29) is 17.5 Å². The number of aromatic nitrogens is 1. The lowest BCUT2D eigenvalue weighted by Crippen LogP contribution is -2.35. The Bertz CT molecular complexity index is 1180. The molecular weight excluding hydrogens is 354 g/mol. The number of amides is 1. The zero-order valence-corrected chi connectivity index (χ0v) is 14.5. The zero-order valence-electron chi connectivity index (χ0n) is 13.7. The number of hydrogen-bond donors (Lipinski definition) is 1. The standard InChI is InChI=1S/C20H14F2N2OS/c21-11-4-5-16-12(8-11)14-10-24(7-6-17(14)23-16)20(25)19-9-13-15(22)2-1-3-18(13)26-19/h1-5,8-9,23H,6-7,10H2. The van der Waals surface area contributed by atoms with E-state index in [1.807, 2.05) is 6.07 Å². The lowest BCUT2D eigenvalue weighted by atomic mass is 10.0. The van der Waals surface area contributed by atoms with Gasteiger partial charge >= 0.3 is 0 Å². The van der Waals surface area contributed by atoms with Crippen molar-refractivity contribution in [2.75, 3.05) is 6.54 Å². The van der Waals surface area contributed by atoms with Crippen LogP contribution in [0.5, 0.6) is 0 Å². The van der Waals surface area contributed by atoms with Gasteiger partial charge in [-0.2, -0.15) is 0 Å². The van der Waals surface area contributed by atoms with Gasteiger partial charge in [0.15, 0.2) is 0 Å². The monoisotopic (exact) mass is 368 g/mol. The summed E-state index contributed by atoms with van der Waals surface area (Å²) >= 11 is 1.30. The normalized spacial score (nSPS) is 14.2. The summed E-state index contributed by atoms with van der Waals surface area (Å²) in [5.41, 5.74) is 2.90. The molecule has 0 radical (unpaired) electrons. The van der Waals surface area contributed by atoms with E-state index < -0.39 is 0 Å². The molecule has 0 atom stereocenters. The van der Waals surface area contributed by atoms with Crippen molar-refractivity contribution in [2.45, 2.75) is 13.0 Å². The summed E-state index contributed by atoms with van der Waals surface area (Å²) in [6, 6.07) is 11.2. The molecule has 4 aromatic rings. The van der Waals surface area contributed by atoms with E-state index in [0.717, 1.165) is 26.9 Å².